The van der Waals surface area contributed by atoms with Crippen LogP contribution in [-0.2, 0) is 38.0 Å². The molecule has 10 nitrogen and oxygen atoms in total. The molecule has 4 aromatic rings. The van der Waals surface area contributed by atoms with Gasteiger partial charge in [0.2, 0.25) is 9.84 Å². The summed E-state index contributed by atoms with van der Waals surface area (Å²) in [7, 11) is -6.70. The summed E-state index contributed by atoms with van der Waals surface area (Å²) in [5, 5.41) is 9.87. The van der Waals surface area contributed by atoms with E-state index in [4.69, 9.17) is 15.4 Å². The van der Waals surface area contributed by atoms with Gasteiger partial charge >= 0.3 is 5.97 Å². The highest BCUT2D eigenvalue weighted by molar-refractivity contribution is 8.14. The molecule has 0 aromatic heterocycles. The van der Waals surface area contributed by atoms with Crippen LogP contribution in [0, 0.1) is 0 Å². The third kappa shape index (κ3) is 3.78. The molecule has 14 heteroatoms. The van der Waals surface area contributed by atoms with E-state index in [1.807, 2.05) is 0 Å². The Kier molecular flexibility index (Phi) is 5.78. The highest BCUT2D eigenvalue weighted by atomic mass is 35.7. The van der Waals surface area contributed by atoms with Crippen molar-refractivity contribution in [2.45, 2.75) is 21.6 Å². The molecule has 0 aliphatic carbocycles. The largest absolute Gasteiger partial charge is 0.426 e. The zero-order chi connectivity index (χ0) is 25.2. The number of esters is 1. The van der Waals surface area contributed by atoms with Crippen LogP contribution < -0.4 is 4.74 Å². The lowest BCUT2D eigenvalue weighted by Gasteiger charge is -2.19. The summed E-state index contributed by atoms with van der Waals surface area (Å²) in [6, 6.07) is 7.28. The summed E-state index contributed by atoms with van der Waals surface area (Å²) in [4.78, 5) is 10.2. The third-order valence-electron chi connectivity index (χ3n) is 5.26. The topological polar surface area (TPSA) is 158 Å². The Hall–Kier alpha value is -2.55. The van der Waals surface area contributed by atoms with Gasteiger partial charge in [0.1, 0.15) is 16.6 Å². The molecule has 0 radical (unpaired) electrons. The Morgan fingerprint density at radius 3 is 1.85 bits per heavy atom. The molecule has 0 fully saturated rings. The van der Waals surface area contributed by atoms with E-state index < -0.39 is 55.6 Å². The zero-order valence-corrected chi connectivity index (χ0v) is 20.6. The Labute approximate surface area is 198 Å². The molecule has 0 saturated carbocycles. The van der Waals surface area contributed by atoms with Crippen molar-refractivity contribution in [1.82, 2.24) is 0 Å². The quantitative estimate of drug-likeness (QED) is 0.125. The lowest BCUT2D eigenvalue weighted by molar-refractivity contribution is -0.131. The molecular formula is C20H15ClO10S3. The van der Waals surface area contributed by atoms with Gasteiger partial charge in [-0.3, -0.25) is 8.98 Å². The first-order valence-electron chi connectivity index (χ1n) is 9.28. The Morgan fingerprint density at radius 2 is 1.35 bits per heavy atom. The predicted octanol–water partition coefficient (Wildman–Crippen LogP) is 2.50. The van der Waals surface area contributed by atoms with Crippen LogP contribution in [0.15, 0.2) is 51.1 Å². The number of hydrogen-bond acceptors (Lipinski definition) is 10. The van der Waals surface area contributed by atoms with E-state index in [9.17, 15) is 35.2 Å². The van der Waals surface area contributed by atoms with E-state index in [0.29, 0.717) is 0 Å². The van der Waals surface area contributed by atoms with Crippen molar-refractivity contribution >= 4 is 78.0 Å². The summed E-state index contributed by atoms with van der Waals surface area (Å²) in [5.74, 6) is -2.26. The van der Waals surface area contributed by atoms with Crippen LogP contribution in [0.5, 0.6) is 5.75 Å². The van der Waals surface area contributed by atoms with Gasteiger partial charge < -0.3 is 9.84 Å². The zero-order valence-electron chi connectivity index (χ0n) is 17.4. The molecule has 0 aliphatic rings. The number of rotatable bonds is 6. The molecule has 0 atom stereocenters. The van der Waals surface area contributed by atoms with Gasteiger partial charge in [-0.05, 0) is 12.1 Å². The molecule has 1 N–H and O–H groups in total. The first kappa shape index (κ1) is 24.6. The van der Waals surface area contributed by atoms with E-state index in [0.717, 1.165) is 26.2 Å². The maximum atomic E-state index is 12.7. The number of aliphatic hydroxyl groups excluding tert-OH is 1. The molecule has 34 heavy (non-hydrogen) atoms. The summed E-state index contributed by atoms with van der Waals surface area (Å²) >= 11 is 0. The predicted molar refractivity (Wildman–Crippen MR) is 123 cm³/mol. The van der Waals surface area contributed by atoms with E-state index in [1.54, 1.807) is 0 Å². The summed E-state index contributed by atoms with van der Waals surface area (Å²) in [5.41, 5.74) is 0. The van der Waals surface area contributed by atoms with Gasteiger partial charge in [-0.15, -0.1) is 0 Å². The highest BCUT2D eigenvalue weighted by Gasteiger charge is 2.29. The van der Waals surface area contributed by atoms with Crippen molar-refractivity contribution in [1.29, 1.82) is 0 Å². The van der Waals surface area contributed by atoms with Crippen LogP contribution in [0.2, 0.25) is 0 Å². The lowest BCUT2D eigenvalue weighted by atomic mass is 9.93. The Bertz CT molecular complexity index is 1770. The minimum absolute atomic E-state index is 0.00935. The van der Waals surface area contributed by atoms with E-state index in [1.165, 1.54) is 24.3 Å². The smallest absolute Gasteiger partial charge is 0.308 e. The first-order valence-corrected chi connectivity index (χ1v) is 14.7. The molecule has 0 heterocycles. The minimum Gasteiger partial charge on any atom is -0.426 e. The van der Waals surface area contributed by atoms with Gasteiger partial charge in [-0.25, -0.2) is 16.8 Å². The third-order valence-corrected chi connectivity index (χ3v) is 9.28. The molecule has 180 valence electrons. The number of aliphatic hydroxyl groups is 1. The number of sulfone groups is 1. The second kappa shape index (κ2) is 8.00. The number of benzene rings is 4. The van der Waals surface area contributed by atoms with Crippen LogP contribution in [0.3, 0.4) is 0 Å². The van der Waals surface area contributed by atoms with Gasteiger partial charge in [0.05, 0.1) is 16.9 Å². The van der Waals surface area contributed by atoms with Gasteiger partial charge in [0, 0.05) is 56.0 Å². The van der Waals surface area contributed by atoms with Crippen LogP contribution in [0.1, 0.15) is 6.92 Å². The van der Waals surface area contributed by atoms with Crippen LogP contribution in [0.25, 0.3) is 32.3 Å². The number of carbonyl (C=O) groups is 1. The molecule has 0 saturated heterocycles. The fraction of sp³-hybridized carbons (Fsp3) is 0.150. The van der Waals surface area contributed by atoms with Crippen molar-refractivity contribution in [3.63, 3.8) is 0 Å². The van der Waals surface area contributed by atoms with Crippen molar-refractivity contribution < 1.29 is 44.1 Å². The molecule has 0 unspecified atom stereocenters. The molecular weight excluding hydrogens is 532 g/mol. The highest BCUT2D eigenvalue weighted by Crippen LogP contribution is 2.45. The van der Waals surface area contributed by atoms with Crippen LogP contribution in [-0.4, -0.2) is 49.4 Å². The minimum atomic E-state index is -4.46. The number of ether oxygens (including phenoxy) is 1. The van der Waals surface area contributed by atoms with Gasteiger partial charge in [-0.1, -0.05) is 18.2 Å². The molecule has 0 bridgehead atoms. The van der Waals surface area contributed by atoms with Crippen LogP contribution >= 0.6 is 10.7 Å². The Morgan fingerprint density at radius 1 is 0.853 bits per heavy atom. The van der Waals surface area contributed by atoms with Gasteiger partial charge in [0.15, 0.2) is 0 Å². The maximum Gasteiger partial charge on any atom is 0.308 e. The first-order chi connectivity index (χ1) is 15.7. The van der Waals surface area contributed by atoms with Crippen molar-refractivity contribution in [2.24, 2.45) is 0 Å². The summed E-state index contributed by atoms with van der Waals surface area (Å²) < 4.78 is 85.2. The number of carbonyl (C=O) groups excluding carboxylic acids is 1. The van der Waals surface area contributed by atoms with Crippen molar-refractivity contribution in [3.8, 4) is 5.75 Å². The van der Waals surface area contributed by atoms with E-state index in [2.05, 4.69) is 4.18 Å². The van der Waals surface area contributed by atoms with Crippen molar-refractivity contribution in [2.75, 3.05) is 13.0 Å². The molecule has 0 spiro atoms. The van der Waals surface area contributed by atoms with E-state index >= 15 is 0 Å². The second-order valence-electron chi connectivity index (χ2n) is 7.21. The standard InChI is InChI=1S/C20H15ClO10S3/c1-10(23)31-15-7-17(33(21,26)27)13-5-6-14-18(34(28,29)30-2)8-16(32(24,25)9-22)12-4-3-11(15)19(13)20(12)14/h3-8,22H,9H2,1-2H3. The SMILES string of the molecule is COS(=O)(=O)c1cc(S(=O)(=O)CO)c2ccc3c(OC(C)=O)cc(S(=O)(=O)Cl)c4ccc1c2c34. The monoisotopic (exact) mass is 546 g/mol. The average Bonchev–Trinajstić information content (AvgIpc) is 2.76. The maximum absolute atomic E-state index is 12.7. The normalized spacial score (nSPS) is 13.2. The average molecular weight is 547 g/mol. The molecule has 0 amide bonds. The van der Waals surface area contributed by atoms with E-state index in [-0.39, 0.29) is 38.1 Å². The molecule has 4 rings (SSSR count). The number of hydrogen-bond donors (Lipinski definition) is 1. The van der Waals surface area contributed by atoms with Gasteiger partial charge in [0.25, 0.3) is 19.2 Å². The van der Waals surface area contributed by atoms with Gasteiger partial charge in [-0.2, -0.15) is 8.42 Å². The summed E-state index contributed by atoms with van der Waals surface area (Å²) in [6.07, 6.45) is 0. The van der Waals surface area contributed by atoms with Crippen LogP contribution in [0.4, 0.5) is 0 Å². The number of halogens is 1. The summed E-state index contributed by atoms with van der Waals surface area (Å²) in [6.45, 7) is 1.10. The molecule has 4 aromatic carbocycles. The molecule has 0 aliphatic heterocycles. The second-order valence-corrected chi connectivity index (χ2v) is 13.4. The Balaban J connectivity index is 2.41. The van der Waals surface area contributed by atoms with Crippen molar-refractivity contribution in [3.05, 3.63) is 36.4 Å². The lowest BCUT2D eigenvalue weighted by Crippen LogP contribution is -2.11. The fourth-order valence-corrected chi connectivity index (χ4v) is 6.89. The fourth-order valence-electron chi connectivity index (χ4n) is 3.93.